The van der Waals surface area contributed by atoms with E-state index in [0.29, 0.717) is 42.6 Å². The molecule has 1 aromatic heterocycles. The summed E-state index contributed by atoms with van der Waals surface area (Å²) in [6.45, 7) is 7.02. The Morgan fingerprint density at radius 1 is 1.12 bits per heavy atom. The summed E-state index contributed by atoms with van der Waals surface area (Å²) in [6.07, 6.45) is 0.726. The van der Waals surface area contributed by atoms with Gasteiger partial charge in [-0.25, -0.2) is 0 Å². The molecule has 0 fully saturated rings. The average molecular weight is 448 g/mol. The first-order valence-electron chi connectivity index (χ1n) is 11.3. The molecule has 0 spiro atoms. The lowest BCUT2D eigenvalue weighted by molar-refractivity contribution is -0.135. The molecule has 0 amide bonds. The van der Waals surface area contributed by atoms with Crippen molar-refractivity contribution in [3.63, 3.8) is 0 Å². The predicted octanol–water partition coefficient (Wildman–Crippen LogP) is 4.58. The third-order valence-corrected chi connectivity index (χ3v) is 5.88. The minimum Gasteiger partial charge on any atom is -0.508 e. The molecule has 1 aliphatic heterocycles. The van der Waals surface area contributed by atoms with Gasteiger partial charge in [0, 0.05) is 29.8 Å². The number of rotatable bonds is 7. The van der Waals surface area contributed by atoms with Crippen molar-refractivity contribution in [2.45, 2.75) is 46.1 Å². The second-order valence-electron chi connectivity index (χ2n) is 8.91. The lowest BCUT2D eigenvalue weighted by atomic mass is 9.86. The van der Waals surface area contributed by atoms with Gasteiger partial charge >= 0.3 is 5.97 Å². The Bertz CT molecular complexity index is 1210. The number of para-hydroxylation sites is 1. The first kappa shape index (κ1) is 22.6. The number of carbonyl (C=O) groups excluding carboxylic acids is 1. The first-order valence-corrected chi connectivity index (χ1v) is 11.3. The molecule has 33 heavy (non-hydrogen) atoms. The molecule has 6 heteroatoms. The van der Waals surface area contributed by atoms with Gasteiger partial charge in [0.15, 0.2) is 0 Å². The van der Waals surface area contributed by atoms with Crippen LogP contribution in [0, 0.1) is 12.8 Å². The average Bonchev–Trinajstić information content (AvgIpc) is 2.78. The highest BCUT2D eigenvalue weighted by Gasteiger charge is 2.34. The van der Waals surface area contributed by atoms with Crippen molar-refractivity contribution in [2.75, 3.05) is 6.61 Å². The van der Waals surface area contributed by atoms with E-state index in [4.69, 9.17) is 9.47 Å². The van der Waals surface area contributed by atoms with Gasteiger partial charge in [0.2, 0.25) is 0 Å². The van der Waals surface area contributed by atoms with Crippen LogP contribution in [0.1, 0.15) is 48.6 Å². The molecule has 2 heterocycles. The van der Waals surface area contributed by atoms with E-state index in [2.05, 4.69) is 13.8 Å². The molecule has 0 aliphatic carbocycles. The molecule has 172 valence electrons. The molecule has 3 aromatic rings. The van der Waals surface area contributed by atoms with Crippen LogP contribution in [0.3, 0.4) is 0 Å². The summed E-state index contributed by atoms with van der Waals surface area (Å²) in [4.78, 5) is 26.1. The zero-order valence-corrected chi connectivity index (χ0v) is 19.2. The molecule has 0 radical (unpaired) electrons. The molecule has 1 unspecified atom stereocenters. The van der Waals surface area contributed by atoms with Crippen LogP contribution in [0.2, 0.25) is 0 Å². The minimum absolute atomic E-state index is 0.0886. The summed E-state index contributed by atoms with van der Waals surface area (Å²) in [6, 6.07) is 16.3. The molecule has 0 saturated heterocycles. The molecular weight excluding hydrogens is 418 g/mol. The summed E-state index contributed by atoms with van der Waals surface area (Å²) in [7, 11) is 0. The van der Waals surface area contributed by atoms with Crippen molar-refractivity contribution in [3.8, 4) is 17.2 Å². The fraction of sp³-hybridized carbons (Fsp3) is 0.333. The fourth-order valence-electron chi connectivity index (χ4n) is 4.20. The van der Waals surface area contributed by atoms with E-state index >= 15 is 0 Å². The number of phenols is 1. The van der Waals surface area contributed by atoms with Gasteiger partial charge in [-0.05, 0) is 43.0 Å². The van der Waals surface area contributed by atoms with Crippen LogP contribution in [0.15, 0.2) is 59.4 Å². The van der Waals surface area contributed by atoms with Crippen LogP contribution in [0.4, 0.5) is 0 Å². The van der Waals surface area contributed by atoms with Gasteiger partial charge in [0.25, 0.3) is 5.56 Å². The molecule has 6 nitrogen and oxygen atoms in total. The Labute approximate surface area is 193 Å². The quantitative estimate of drug-likeness (QED) is 0.537. The van der Waals surface area contributed by atoms with Crippen molar-refractivity contribution in [2.24, 2.45) is 5.92 Å². The fourth-order valence-corrected chi connectivity index (χ4v) is 4.20. The molecule has 0 saturated carbocycles. The number of aromatic hydroxyl groups is 1. The lowest BCUT2D eigenvalue weighted by Gasteiger charge is -2.27. The van der Waals surface area contributed by atoms with Gasteiger partial charge in [-0.2, -0.15) is 0 Å². The summed E-state index contributed by atoms with van der Waals surface area (Å²) >= 11 is 0. The second kappa shape index (κ2) is 9.53. The van der Waals surface area contributed by atoms with Crippen molar-refractivity contribution in [1.82, 2.24) is 4.57 Å². The van der Waals surface area contributed by atoms with Gasteiger partial charge < -0.3 is 19.1 Å². The maximum absolute atomic E-state index is 13.7. The minimum atomic E-state index is -0.433. The second-order valence-corrected chi connectivity index (χ2v) is 8.91. The summed E-state index contributed by atoms with van der Waals surface area (Å²) in [5, 5.41) is 9.51. The topological polar surface area (TPSA) is 77.8 Å². The van der Waals surface area contributed by atoms with Crippen LogP contribution in [0.25, 0.3) is 0 Å². The summed E-state index contributed by atoms with van der Waals surface area (Å²) in [5.41, 5.74) is 2.91. The number of phenolic OH excluding ortho intramolecular Hbond substituents is 1. The van der Waals surface area contributed by atoms with E-state index in [9.17, 15) is 14.7 Å². The van der Waals surface area contributed by atoms with Crippen LogP contribution < -0.4 is 15.0 Å². The van der Waals surface area contributed by atoms with E-state index < -0.39 is 5.92 Å². The van der Waals surface area contributed by atoms with Gasteiger partial charge in [0.05, 0.1) is 18.6 Å². The molecule has 0 bridgehead atoms. The van der Waals surface area contributed by atoms with E-state index in [-0.39, 0.29) is 23.7 Å². The monoisotopic (exact) mass is 447 g/mol. The Balaban J connectivity index is 1.73. The number of fused-ring (bicyclic) bond motifs is 1. The Morgan fingerprint density at radius 3 is 2.58 bits per heavy atom. The number of hydrogen-bond acceptors (Lipinski definition) is 5. The highest BCUT2D eigenvalue weighted by atomic mass is 16.5. The van der Waals surface area contributed by atoms with Crippen molar-refractivity contribution in [1.29, 1.82) is 0 Å². The zero-order chi connectivity index (χ0) is 23.5. The van der Waals surface area contributed by atoms with Crippen molar-refractivity contribution >= 4 is 5.97 Å². The smallest absolute Gasteiger partial charge is 0.312 e. The number of carbonyl (C=O) groups is 1. The Kier molecular flexibility index (Phi) is 6.54. The number of benzene rings is 2. The molecule has 1 atom stereocenters. The van der Waals surface area contributed by atoms with E-state index in [1.807, 2.05) is 43.3 Å². The Morgan fingerprint density at radius 2 is 1.85 bits per heavy atom. The third-order valence-electron chi connectivity index (χ3n) is 5.88. The highest BCUT2D eigenvalue weighted by molar-refractivity contribution is 5.78. The third kappa shape index (κ3) is 4.95. The largest absolute Gasteiger partial charge is 0.508 e. The number of pyridine rings is 1. The molecular formula is C27H29NO5. The number of aryl methyl sites for hydroxylation is 2. The highest BCUT2D eigenvalue weighted by Crippen LogP contribution is 2.40. The number of esters is 1. The molecule has 1 aliphatic rings. The normalized spacial score (nSPS) is 15.3. The number of aromatic nitrogens is 1. The van der Waals surface area contributed by atoms with Gasteiger partial charge in [-0.1, -0.05) is 44.2 Å². The van der Waals surface area contributed by atoms with Crippen molar-refractivity contribution in [3.05, 3.63) is 87.3 Å². The number of hydrogen-bond donors (Lipinski definition) is 1. The van der Waals surface area contributed by atoms with E-state index in [1.54, 1.807) is 22.8 Å². The summed E-state index contributed by atoms with van der Waals surface area (Å²) in [5.74, 6) is 0.792. The van der Waals surface area contributed by atoms with Crippen molar-refractivity contribution < 1.29 is 19.4 Å². The number of nitrogens with zero attached hydrogens (tertiary/aromatic N) is 1. The van der Waals surface area contributed by atoms with Crippen LogP contribution in [-0.2, 0) is 17.8 Å². The number of ether oxygens (including phenoxy) is 2. The first-order chi connectivity index (χ1) is 15.8. The van der Waals surface area contributed by atoms with Crippen LogP contribution in [0.5, 0.6) is 17.2 Å². The van der Waals surface area contributed by atoms with Gasteiger partial charge in [-0.15, -0.1) is 0 Å². The van der Waals surface area contributed by atoms with Gasteiger partial charge in [-0.3, -0.25) is 9.59 Å². The summed E-state index contributed by atoms with van der Waals surface area (Å²) < 4.78 is 13.3. The zero-order valence-electron chi connectivity index (χ0n) is 19.2. The Hall–Kier alpha value is -3.54. The maximum atomic E-state index is 13.7. The molecule has 1 N–H and O–H groups in total. The molecule has 4 rings (SSSR count). The van der Waals surface area contributed by atoms with Crippen LogP contribution >= 0.6 is 0 Å². The van der Waals surface area contributed by atoms with Crippen LogP contribution in [-0.4, -0.2) is 22.2 Å². The van der Waals surface area contributed by atoms with E-state index in [0.717, 1.165) is 16.8 Å². The standard InChI is InChI=1S/C27H29NO5/c1-17(2)16-32-23-7-5-4-6-21(23)22-15-25(30)33-24-14-18(3)28(27(31)26(22)24)13-12-19-8-10-20(29)11-9-19/h4-11,14,17,22,29H,12-13,15-16H2,1-3H3. The molecule has 2 aromatic carbocycles. The maximum Gasteiger partial charge on any atom is 0.312 e. The van der Waals surface area contributed by atoms with Gasteiger partial charge in [0.1, 0.15) is 17.2 Å². The van der Waals surface area contributed by atoms with E-state index in [1.165, 1.54) is 0 Å². The predicted molar refractivity (Wildman–Crippen MR) is 126 cm³/mol. The SMILES string of the molecule is Cc1cc2c(c(=O)n1CCc1ccc(O)cc1)C(c1ccccc1OCC(C)C)CC(=O)O2. The lowest BCUT2D eigenvalue weighted by Crippen LogP contribution is -2.33.